The molecule has 0 amide bonds. The van der Waals surface area contributed by atoms with Crippen molar-refractivity contribution >= 4 is 49.5 Å². The molecule has 3 aromatic heterocycles. The largest absolute Gasteiger partial charge is 0.461 e. The average Bonchev–Trinajstić information content (AvgIpc) is 3.72. The van der Waals surface area contributed by atoms with Crippen molar-refractivity contribution in [3.63, 3.8) is 0 Å². The lowest BCUT2D eigenvalue weighted by Gasteiger charge is -2.38. The van der Waals surface area contributed by atoms with Gasteiger partial charge in [0.25, 0.3) is 0 Å². The normalized spacial score (nSPS) is 21.4. The maximum absolute atomic E-state index is 16.8. The summed E-state index contributed by atoms with van der Waals surface area (Å²) in [5.41, 5.74) is -0.631. The van der Waals surface area contributed by atoms with Gasteiger partial charge in [0, 0.05) is 44.3 Å². The van der Waals surface area contributed by atoms with E-state index in [0.29, 0.717) is 42.3 Å². The van der Waals surface area contributed by atoms with E-state index < -0.39 is 17.2 Å². The minimum absolute atomic E-state index is 0.0134. The third kappa shape index (κ3) is 5.32. The first-order valence-corrected chi connectivity index (χ1v) is 16.5. The zero-order valence-electron chi connectivity index (χ0n) is 26.2. The molecule has 1 atom stereocenters. The highest BCUT2D eigenvalue weighted by Crippen LogP contribution is 2.45. The van der Waals surface area contributed by atoms with Crippen LogP contribution in [0.25, 0.3) is 32.2 Å². The molecule has 3 fully saturated rings. The summed E-state index contributed by atoms with van der Waals surface area (Å²) in [6, 6.07) is 4.91. The van der Waals surface area contributed by atoms with Crippen LogP contribution >= 0.6 is 11.3 Å². The Hall–Kier alpha value is -3.99. The van der Waals surface area contributed by atoms with Crippen LogP contribution in [0.1, 0.15) is 51.0 Å². The number of benzene rings is 1. The van der Waals surface area contributed by atoms with Gasteiger partial charge in [-0.15, -0.1) is 11.3 Å². The fourth-order valence-corrected chi connectivity index (χ4v) is 8.32. The first-order valence-electron chi connectivity index (χ1n) is 15.7. The predicted molar refractivity (Wildman–Crippen MR) is 175 cm³/mol. The maximum atomic E-state index is 16.8. The molecule has 0 saturated carbocycles. The van der Waals surface area contributed by atoms with Gasteiger partial charge in [-0.05, 0) is 70.7 Å². The Morgan fingerprint density at radius 1 is 1.15 bits per heavy atom. The summed E-state index contributed by atoms with van der Waals surface area (Å²) in [6.07, 6.45) is 8.73. The first-order chi connectivity index (χ1) is 22.1. The van der Waals surface area contributed by atoms with Crippen LogP contribution in [0.5, 0.6) is 6.01 Å². The van der Waals surface area contributed by atoms with Crippen molar-refractivity contribution in [1.29, 1.82) is 5.26 Å². The number of thiophene rings is 1. The van der Waals surface area contributed by atoms with E-state index in [9.17, 15) is 10.4 Å². The summed E-state index contributed by atoms with van der Waals surface area (Å²) in [5, 5.41) is 22.0. The highest BCUT2D eigenvalue weighted by atomic mass is 32.1. The molecular weight excluding hydrogens is 610 g/mol. The van der Waals surface area contributed by atoms with Crippen LogP contribution in [0.4, 0.5) is 19.6 Å². The number of hydrogen-bond donors (Lipinski definition) is 1. The van der Waals surface area contributed by atoms with Crippen molar-refractivity contribution in [2.75, 3.05) is 51.8 Å². The number of nitriles is 1. The second kappa shape index (κ2) is 11.7. The topological polar surface area (TPSA) is 114 Å². The summed E-state index contributed by atoms with van der Waals surface area (Å²) in [6.45, 7) is 5.22. The number of hydrogen-bond acceptors (Lipinski definition) is 10. The van der Waals surface area contributed by atoms with Gasteiger partial charge < -0.3 is 19.6 Å². The monoisotopic (exact) mass is 646 g/mol. The summed E-state index contributed by atoms with van der Waals surface area (Å²) in [7, 11) is 3.58. The molecule has 7 rings (SSSR count). The van der Waals surface area contributed by atoms with Crippen molar-refractivity contribution < 1.29 is 18.6 Å². The molecule has 3 aliphatic heterocycles. The Bertz CT molecular complexity index is 1890. The quantitative estimate of drug-likeness (QED) is 0.201. The van der Waals surface area contributed by atoms with Crippen LogP contribution in [0.3, 0.4) is 0 Å². The van der Waals surface area contributed by atoms with Gasteiger partial charge in [-0.3, -0.25) is 9.88 Å². The fourth-order valence-electron chi connectivity index (χ4n) is 7.30. The highest BCUT2D eigenvalue weighted by molar-refractivity contribution is 7.23. The summed E-state index contributed by atoms with van der Waals surface area (Å²) >= 11 is 1.03. The van der Waals surface area contributed by atoms with Crippen molar-refractivity contribution in [3.8, 4) is 23.3 Å². The van der Waals surface area contributed by atoms with E-state index in [4.69, 9.17) is 9.72 Å². The van der Waals surface area contributed by atoms with E-state index in [1.54, 1.807) is 25.9 Å². The maximum Gasteiger partial charge on any atom is 0.319 e. The van der Waals surface area contributed by atoms with E-state index in [1.165, 1.54) is 24.7 Å². The van der Waals surface area contributed by atoms with Gasteiger partial charge in [-0.2, -0.15) is 15.2 Å². The number of aliphatic hydroxyl groups is 1. The second-order valence-electron chi connectivity index (χ2n) is 13.1. The number of rotatable bonds is 7. The number of β-amino-alcohol motifs (C(OH)–C–C–N with tert-alkyl or cyclic N) is 1. The van der Waals surface area contributed by atoms with E-state index >= 15 is 8.78 Å². The van der Waals surface area contributed by atoms with Crippen LogP contribution in [0.2, 0.25) is 0 Å². The van der Waals surface area contributed by atoms with Gasteiger partial charge in [-0.25, -0.2) is 13.8 Å². The molecule has 6 heterocycles. The minimum atomic E-state index is -0.936. The van der Waals surface area contributed by atoms with Crippen LogP contribution in [-0.2, 0) is 0 Å². The third-order valence-electron chi connectivity index (χ3n) is 9.44. The average molecular weight is 647 g/mol. The Morgan fingerprint density at radius 3 is 2.63 bits per heavy atom. The lowest BCUT2D eigenvalue weighted by Crippen LogP contribution is -2.46. The molecule has 13 heteroatoms. The van der Waals surface area contributed by atoms with Gasteiger partial charge in [0.2, 0.25) is 0 Å². The van der Waals surface area contributed by atoms with Crippen LogP contribution < -0.4 is 9.64 Å². The third-order valence-corrected chi connectivity index (χ3v) is 10.6. The lowest BCUT2D eigenvalue weighted by molar-refractivity contribution is 0.0447. The molecule has 4 aromatic rings. The van der Waals surface area contributed by atoms with Crippen LogP contribution in [-0.4, -0.2) is 94.2 Å². The molecule has 1 N–H and O–H groups in total. The van der Waals surface area contributed by atoms with E-state index in [2.05, 4.69) is 25.9 Å². The number of anilines is 1. The number of fused-ring (bicyclic) bond motifs is 3. The number of ether oxygens (including phenoxy) is 1. The Labute approximate surface area is 270 Å². The van der Waals surface area contributed by atoms with Crippen molar-refractivity contribution in [2.45, 2.75) is 56.6 Å². The number of aliphatic imine (C=N–C) groups is 1. The molecular formula is C33H36F2N8O2S. The number of nitrogens with zero attached hydrogens (tertiary/aromatic N) is 8. The van der Waals surface area contributed by atoms with Gasteiger partial charge in [0.15, 0.2) is 5.82 Å². The molecule has 0 aliphatic carbocycles. The molecule has 0 spiro atoms. The van der Waals surface area contributed by atoms with Gasteiger partial charge in [-0.1, -0.05) is 0 Å². The highest BCUT2D eigenvalue weighted by Gasteiger charge is 2.45. The summed E-state index contributed by atoms with van der Waals surface area (Å²) < 4.78 is 38.4. The molecule has 0 bridgehead atoms. The number of halogens is 2. The van der Waals surface area contributed by atoms with Gasteiger partial charge in [0.05, 0.1) is 33.1 Å². The molecule has 3 aliphatic rings. The fraction of sp³-hybridized carbons (Fsp3) is 0.485. The second-order valence-corrected chi connectivity index (χ2v) is 14.1. The SMILES string of the molecule is CN(C)/C=N/c1sc2c(F)ccc(-c3ncc4c(N5CCC[C@@](C)(O)C5)nc(OCC56CCCN5CCC6)nc4c3F)c2c1C#N. The lowest BCUT2D eigenvalue weighted by atomic mass is 9.95. The van der Waals surface area contributed by atoms with Crippen molar-refractivity contribution in [1.82, 2.24) is 24.8 Å². The standard InChI is InChI=1S/C33H36F2N8O2S/c1-32(44)9-4-12-42(17-32)29-22-16-37-26(20-7-8-23(34)28-24(20)21(15-36)30(46-28)38-19-41(2)3)25(35)27(22)39-31(40-29)45-18-33-10-5-13-43(33)14-6-11-33/h7-8,16,19,44H,4-6,9-14,17-18H2,1-3H3/b38-19+/t32-/m1/s1. The first kappa shape index (κ1) is 30.7. The van der Waals surface area contributed by atoms with E-state index in [-0.39, 0.29) is 44.0 Å². The van der Waals surface area contributed by atoms with Gasteiger partial charge >= 0.3 is 6.01 Å². The zero-order chi connectivity index (χ0) is 32.2. The molecule has 0 unspecified atom stereocenters. The smallest absolute Gasteiger partial charge is 0.319 e. The van der Waals surface area contributed by atoms with E-state index in [1.807, 2.05) is 4.90 Å². The summed E-state index contributed by atoms with van der Waals surface area (Å²) in [4.78, 5) is 24.4. The number of piperidine rings is 1. The molecule has 3 saturated heterocycles. The van der Waals surface area contributed by atoms with Crippen LogP contribution in [0, 0.1) is 23.0 Å². The Kier molecular flexibility index (Phi) is 7.77. The Morgan fingerprint density at radius 2 is 1.91 bits per heavy atom. The Balaban J connectivity index is 1.37. The zero-order valence-corrected chi connectivity index (χ0v) is 27.0. The molecule has 0 radical (unpaired) electrons. The van der Waals surface area contributed by atoms with Crippen molar-refractivity contribution in [2.24, 2.45) is 4.99 Å². The molecule has 1 aromatic carbocycles. The van der Waals surface area contributed by atoms with Gasteiger partial charge in [0.1, 0.15) is 40.5 Å². The number of pyridine rings is 1. The van der Waals surface area contributed by atoms with Crippen LogP contribution in [0.15, 0.2) is 23.3 Å². The van der Waals surface area contributed by atoms with Crippen molar-refractivity contribution in [3.05, 3.63) is 35.5 Å². The summed E-state index contributed by atoms with van der Waals surface area (Å²) in [5.74, 6) is -0.807. The van der Waals surface area contributed by atoms with E-state index in [0.717, 1.165) is 56.5 Å². The molecule has 46 heavy (non-hydrogen) atoms. The molecule has 240 valence electrons. The molecule has 10 nitrogen and oxygen atoms in total. The number of aromatic nitrogens is 3. The minimum Gasteiger partial charge on any atom is -0.461 e. The predicted octanol–water partition coefficient (Wildman–Crippen LogP) is 5.64.